The first kappa shape index (κ1) is 24.5. The molecule has 0 heterocycles. The summed E-state index contributed by atoms with van der Waals surface area (Å²) in [4.78, 5) is 27.2. The average Bonchev–Trinajstić information content (AvgIpc) is 2.72. The van der Waals surface area contributed by atoms with Crippen molar-refractivity contribution in [2.75, 3.05) is 6.61 Å². The number of ether oxygens (including phenoxy) is 1. The third-order valence-corrected chi connectivity index (χ3v) is 5.97. The molecule has 0 unspecified atom stereocenters. The van der Waals surface area contributed by atoms with Gasteiger partial charge in [-0.15, -0.1) is 0 Å². The monoisotopic (exact) mass is 514 g/mol. The van der Waals surface area contributed by atoms with Crippen LogP contribution in [-0.2, 0) is 16.1 Å². The maximum Gasteiger partial charge on any atom is 0.261 e. The molecule has 0 bridgehead atoms. The van der Waals surface area contributed by atoms with Crippen LogP contribution in [0.5, 0.6) is 5.75 Å². The molecule has 0 aliphatic heterocycles. The SMILES string of the molecule is CC[C@H](C)NC(=O)[C@@H](C)N(Cc1c(Cl)cccc1Cl)C(=O)COc1ccc(Br)cc1. The highest BCUT2D eigenvalue weighted by molar-refractivity contribution is 9.10. The van der Waals surface area contributed by atoms with E-state index >= 15 is 0 Å². The van der Waals surface area contributed by atoms with Gasteiger partial charge >= 0.3 is 0 Å². The van der Waals surface area contributed by atoms with Gasteiger partial charge in [0.05, 0.1) is 0 Å². The lowest BCUT2D eigenvalue weighted by atomic mass is 10.1. The van der Waals surface area contributed by atoms with Crippen molar-refractivity contribution in [3.05, 3.63) is 62.5 Å². The Morgan fingerprint density at radius 3 is 2.27 bits per heavy atom. The van der Waals surface area contributed by atoms with E-state index in [-0.39, 0.29) is 31.0 Å². The molecular formula is C22H25BrCl2N2O3. The van der Waals surface area contributed by atoms with E-state index in [1.807, 2.05) is 26.0 Å². The van der Waals surface area contributed by atoms with Gasteiger partial charge in [0.25, 0.3) is 5.91 Å². The molecule has 30 heavy (non-hydrogen) atoms. The molecule has 0 aliphatic carbocycles. The lowest BCUT2D eigenvalue weighted by Crippen LogP contribution is -2.50. The van der Waals surface area contributed by atoms with Crippen LogP contribution in [0.25, 0.3) is 0 Å². The summed E-state index contributed by atoms with van der Waals surface area (Å²) < 4.78 is 6.53. The fourth-order valence-corrected chi connectivity index (χ4v) is 3.44. The molecule has 0 spiro atoms. The van der Waals surface area contributed by atoms with Crippen molar-refractivity contribution >= 4 is 50.9 Å². The molecule has 0 saturated heterocycles. The van der Waals surface area contributed by atoms with E-state index < -0.39 is 6.04 Å². The molecule has 0 radical (unpaired) electrons. The fourth-order valence-electron chi connectivity index (χ4n) is 2.66. The van der Waals surface area contributed by atoms with Gasteiger partial charge in [-0.1, -0.05) is 52.1 Å². The second-order valence-electron chi connectivity index (χ2n) is 6.96. The topological polar surface area (TPSA) is 58.6 Å². The molecule has 2 aromatic rings. The van der Waals surface area contributed by atoms with Crippen molar-refractivity contribution in [2.45, 2.75) is 45.8 Å². The molecule has 0 aromatic heterocycles. The van der Waals surface area contributed by atoms with Crippen LogP contribution in [-0.4, -0.2) is 35.4 Å². The van der Waals surface area contributed by atoms with Gasteiger partial charge < -0.3 is 15.0 Å². The number of hydrogen-bond acceptors (Lipinski definition) is 3. The molecule has 2 amide bonds. The summed E-state index contributed by atoms with van der Waals surface area (Å²) in [5, 5.41) is 3.78. The van der Waals surface area contributed by atoms with Crippen LogP contribution in [0.2, 0.25) is 10.0 Å². The van der Waals surface area contributed by atoms with Gasteiger partial charge in [-0.2, -0.15) is 0 Å². The number of nitrogens with one attached hydrogen (secondary N) is 1. The van der Waals surface area contributed by atoms with E-state index in [1.165, 1.54) is 4.90 Å². The van der Waals surface area contributed by atoms with Crippen LogP contribution in [0.3, 0.4) is 0 Å². The molecule has 8 heteroatoms. The van der Waals surface area contributed by atoms with E-state index in [0.717, 1.165) is 10.9 Å². The normalized spacial score (nSPS) is 12.7. The number of halogens is 3. The zero-order valence-corrected chi connectivity index (χ0v) is 20.2. The molecule has 0 fully saturated rings. The lowest BCUT2D eigenvalue weighted by molar-refractivity contribution is -0.142. The Hall–Kier alpha value is -1.76. The van der Waals surface area contributed by atoms with Crippen LogP contribution in [0.1, 0.15) is 32.8 Å². The maximum atomic E-state index is 13.0. The van der Waals surface area contributed by atoms with Crippen molar-refractivity contribution in [3.8, 4) is 5.75 Å². The van der Waals surface area contributed by atoms with E-state index in [2.05, 4.69) is 21.2 Å². The Kier molecular flexibility index (Phi) is 9.46. The van der Waals surface area contributed by atoms with Crippen molar-refractivity contribution in [3.63, 3.8) is 0 Å². The Balaban J connectivity index is 2.21. The fraction of sp³-hybridized carbons (Fsp3) is 0.364. The summed E-state index contributed by atoms with van der Waals surface area (Å²) in [5.41, 5.74) is 0.584. The average molecular weight is 516 g/mol. The zero-order chi connectivity index (χ0) is 22.3. The van der Waals surface area contributed by atoms with Gasteiger partial charge in [0, 0.05) is 32.7 Å². The van der Waals surface area contributed by atoms with Gasteiger partial charge in [-0.05, 0) is 56.7 Å². The first-order valence-electron chi connectivity index (χ1n) is 9.64. The second-order valence-corrected chi connectivity index (χ2v) is 8.69. The Bertz CT molecular complexity index is 857. The third-order valence-electron chi connectivity index (χ3n) is 4.73. The summed E-state index contributed by atoms with van der Waals surface area (Å²) >= 11 is 16.0. The minimum Gasteiger partial charge on any atom is -0.484 e. The minimum atomic E-state index is -0.729. The van der Waals surface area contributed by atoms with Gasteiger partial charge in [-0.3, -0.25) is 9.59 Å². The molecule has 2 atom stereocenters. The third kappa shape index (κ3) is 6.89. The Labute approximate surface area is 195 Å². The second kappa shape index (κ2) is 11.6. The van der Waals surface area contributed by atoms with Crippen LogP contribution in [0.4, 0.5) is 0 Å². The number of benzene rings is 2. The van der Waals surface area contributed by atoms with E-state index in [4.69, 9.17) is 27.9 Å². The first-order chi connectivity index (χ1) is 14.2. The van der Waals surface area contributed by atoms with Gasteiger partial charge in [0.2, 0.25) is 5.91 Å². The van der Waals surface area contributed by atoms with Crippen molar-refractivity contribution in [1.29, 1.82) is 0 Å². The van der Waals surface area contributed by atoms with Crippen LogP contribution >= 0.6 is 39.1 Å². The highest BCUT2D eigenvalue weighted by Gasteiger charge is 2.28. The minimum absolute atomic E-state index is 0.000168. The maximum absolute atomic E-state index is 13.0. The molecule has 162 valence electrons. The lowest BCUT2D eigenvalue weighted by Gasteiger charge is -2.30. The zero-order valence-electron chi connectivity index (χ0n) is 17.1. The van der Waals surface area contributed by atoms with Gasteiger partial charge in [0.15, 0.2) is 6.61 Å². The summed E-state index contributed by atoms with van der Waals surface area (Å²) in [6.45, 7) is 5.45. The standard InChI is InChI=1S/C22H25BrCl2N2O3/c1-4-14(2)26-22(29)15(3)27(12-18-19(24)6-5-7-20(18)25)21(28)13-30-17-10-8-16(23)9-11-17/h5-11,14-15H,4,12-13H2,1-3H3,(H,26,29)/t14-,15+/m0/s1. The molecule has 2 aromatic carbocycles. The van der Waals surface area contributed by atoms with E-state index in [0.29, 0.717) is 21.4 Å². The molecular weight excluding hydrogens is 491 g/mol. The molecule has 1 N–H and O–H groups in total. The largest absolute Gasteiger partial charge is 0.484 e. The highest BCUT2D eigenvalue weighted by Crippen LogP contribution is 2.26. The number of carbonyl (C=O) groups is 2. The summed E-state index contributed by atoms with van der Waals surface area (Å²) in [6.07, 6.45) is 0.787. The number of carbonyl (C=O) groups excluding carboxylic acids is 2. The molecule has 0 saturated carbocycles. The number of hydrogen-bond donors (Lipinski definition) is 1. The van der Waals surface area contributed by atoms with Crippen LogP contribution in [0.15, 0.2) is 46.9 Å². The molecule has 0 aliphatic rings. The van der Waals surface area contributed by atoms with Crippen molar-refractivity contribution < 1.29 is 14.3 Å². The summed E-state index contributed by atoms with van der Waals surface area (Å²) in [7, 11) is 0. The molecule has 5 nitrogen and oxygen atoms in total. The Morgan fingerprint density at radius 1 is 1.10 bits per heavy atom. The predicted molar refractivity (Wildman–Crippen MR) is 124 cm³/mol. The Morgan fingerprint density at radius 2 is 1.70 bits per heavy atom. The van der Waals surface area contributed by atoms with Crippen LogP contribution in [0, 0.1) is 0 Å². The van der Waals surface area contributed by atoms with Crippen molar-refractivity contribution in [2.24, 2.45) is 0 Å². The van der Waals surface area contributed by atoms with Gasteiger partial charge in [-0.25, -0.2) is 0 Å². The number of rotatable bonds is 9. The quantitative estimate of drug-likeness (QED) is 0.482. The predicted octanol–water partition coefficient (Wildman–Crippen LogP) is 5.47. The van der Waals surface area contributed by atoms with Crippen LogP contribution < -0.4 is 10.1 Å². The van der Waals surface area contributed by atoms with E-state index in [1.54, 1.807) is 37.3 Å². The summed E-state index contributed by atoms with van der Waals surface area (Å²) in [5.74, 6) is -0.0378. The van der Waals surface area contributed by atoms with E-state index in [9.17, 15) is 9.59 Å². The molecule has 2 rings (SSSR count). The summed E-state index contributed by atoms with van der Waals surface area (Å²) in [6, 6.07) is 11.6. The smallest absolute Gasteiger partial charge is 0.261 e. The highest BCUT2D eigenvalue weighted by atomic mass is 79.9. The van der Waals surface area contributed by atoms with Gasteiger partial charge in [0.1, 0.15) is 11.8 Å². The first-order valence-corrected chi connectivity index (χ1v) is 11.2. The number of nitrogens with zero attached hydrogens (tertiary/aromatic N) is 1. The van der Waals surface area contributed by atoms with Crippen molar-refractivity contribution in [1.82, 2.24) is 10.2 Å². The number of amides is 2.